The van der Waals surface area contributed by atoms with Crippen molar-refractivity contribution in [2.45, 2.75) is 52.6 Å². The fourth-order valence-corrected chi connectivity index (χ4v) is 1.76. The van der Waals surface area contributed by atoms with Gasteiger partial charge in [-0.1, -0.05) is 27.2 Å². The number of piperidine rings is 1. The van der Waals surface area contributed by atoms with Crippen molar-refractivity contribution in [3.05, 3.63) is 0 Å². The van der Waals surface area contributed by atoms with E-state index in [1.165, 1.54) is 0 Å². The molecule has 0 aromatic carbocycles. The van der Waals surface area contributed by atoms with Crippen LogP contribution in [0.1, 0.15) is 46.5 Å². The quantitative estimate of drug-likeness (QED) is 0.776. The molecule has 1 aliphatic heterocycles. The standard InChI is InChI=1S/C12H23NO2/c1-4-12(2,3)9-11(15)13-7-5-10(14)6-8-13/h10,14H,4-9H2,1-3H3. The van der Waals surface area contributed by atoms with Gasteiger partial charge in [0.1, 0.15) is 0 Å². The highest BCUT2D eigenvalue weighted by atomic mass is 16.3. The molecule has 0 aromatic heterocycles. The van der Waals surface area contributed by atoms with E-state index in [1.807, 2.05) is 4.90 Å². The molecule has 1 fully saturated rings. The molecule has 3 nitrogen and oxygen atoms in total. The summed E-state index contributed by atoms with van der Waals surface area (Å²) in [7, 11) is 0. The zero-order valence-corrected chi connectivity index (χ0v) is 10.1. The molecule has 0 spiro atoms. The third-order valence-corrected chi connectivity index (χ3v) is 3.40. The highest BCUT2D eigenvalue weighted by Crippen LogP contribution is 2.26. The van der Waals surface area contributed by atoms with Crippen LogP contribution in [0.25, 0.3) is 0 Å². The maximum absolute atomic E-state index is 11.9. The van der Waals surface area contributed by atoms with E-state index in [0.29, 0.717) is 6.42 Å². The fraction of sp³-hybridized carbons (Fsp3) is 0.917. The summed E-state index contributed by atoms with van der Waals surface area (Å²) in [5.41, 5.74) is 0.104. The van der Waals surface area contributed by atoms with E-state index >= 15 is 0 Å². The second-order valence-corrected chi connectivity index (χ2v) is 5.31. The first-order valence-corrected chi connectivity index (χ1v) is 5.90. The molecule has 0 saturated carbocycles. The normalized spacial score (nSPS) is 19.3. The molecule has 0 unspecified atom stereocenters. The van der Waals surface area contributed by atoms with E-state index in [9.17, 15) is 9.90 Å². The Morgan fingerprint density at radius 3 is 2.40 bits per heavy atom. The van der Waals surface area contributed by atoms with Crippen molar-refractivity contribution >= 4 is 5.91 Å². The number of likely N-dealkylation sites (tertiary alicyclic amines) is 1. The van der Waals surface area contributed by atoms with Crippen LogP contribution < -0.4 is 0 Å². The number of carbonyl (C=O) groups is 1. The van der Waals surface area contributed by atoms with Crippen molar-refractivity contribution < 1.29 is 9.90 Å². The van der Waals surface area contributed by atoms with Crippen LogP contribution in [0.3, 0.4) is 0 Å². The van der Waals surface area contributed by atoms with Gasteiger partial charge in [-0.2, -0.15) is 0 Å². The zero-order chi connectivity index (χ0) is 11.5. The Balaban J connectivity index is 2.41. The molecular formula is C12H23NO2. The first-order chi connectivity index (χ1) is 6.94. The number of aliphatic hydroxyl groups excluding tert-OH is 1. The largest absolute Gasteiger partial charge is 0.393 e. The smallest absolute Gasteiger partial charge is 0.223 e. The maximum atomic E-state index is 11.9. The van der Waals surface area contributed by atoms with Gasteiger partial charge in [-0.05, 0) is 18.3 Å². The van der Waals surface area contributed by atoms with Crippen LogP contribution >= 0.6 is 0 Å². The third-order valence-electron chi connectivity index (χ3n) is 3.40. The number of rotatable bonds is 3. The van der Waals surface area contributed by atoms with Crippen LogP contribution in [-0.4, -0.2) is 35.1 Å². The average molecular weight is 213 g/mol. The van der Waals surface area contributed by atoms with Crippen LogP contribution in [0.2, 0.25) is 0 Å². The molecule has 1 rings (SSSR count). The van der Waals surface area contributed by atoms with Crippen molar-refractivity contribution in [1.29, 1.82) is 0 Å². The number of hydrogen-bond acceptors (Lipinski definition) is 2. The molecule has 1 saturated heterocycles. The summed E-state index contributed by atoms with van der Waals surface area (Å²) in [5, 5.41) is 9.35. The minimum Gasteiger partial charge on any atom is -0.393 e. The van der Waals surface area contributed by atoms with Crippen LogP contribution in [0.4, 0.5) is 0 Å². The van der Waals surface area contributed by atoms with Gasteiger partial charge in [0.2, 0.25) is 5.91 Å². The molecular weight excluding hydrogens is 190 g/mol. The van der Waals surface area contributed by atoms with E-state index in [1.54, 1.807) is 0 Å². The lowest BCUT2D eigenvalue weighted by molar-refractivity contribution is -0.135. The van der Waals surface area contributed by atoms with Gasteiger partial charge in [0.05, 0.1) is 6.10 Å². The second-order valence-electron chi connectivity index (χ2n) is 5.31. The molecule has 88 valence electrons. The number of amides is 1. The van der Waals surface area contributed by atoms with Crippen molar-refractivity contribution in [2.24, 2.45) is 5.41 Å². The van der Waals surface area contributed by atoms with E-state index in [0.717, 1.165) is 32.4 Å². The Bertz CT molecular complexity index is 218. The van der Waals surface area contributed by atoms with Gasteiger partial charge in [-0.15, -0.1) is 0 Å². The van der Waals surface area contributed by atoms with Crippen molar-refractivity contribution in [1.82, 2.24) is 4.90 Å². The number of carbonyl (C=O) groups excluding carboxylic acids is 1. The van der Waals surface area contributed by atoms with Crippen LogP contribution in [0, 0.1) is 5.41 Å². The highest BCUT2D eigenvalue weighted by molar-refractivity contribution is 5.76. The first-order valence-electron chi connectivity index (χ1n) is 5.90. The molecule has 3 heteroatoms. The Kier molecular flexibility index (Phi) is 4.14. The average Bonchev–Trinajstić information content (AvgIpc) is 2.18. The van der Waals surface area contributed by atoms with E-state index in [4.69, 9.17) is 0 Å². The molecule has 15 heavy (non-hydrogen) atoms. The van der Waals surface area contributed by atoms with Crippen LogP contribution in [0.5, 0.6) is 0 Å². The molecule has 0 radical (unpaired) electrons. The number of hydrogen-bond donors (Lipinski definition) is 1. The van der Waals surface area contributed by atoms with Crippen LogP contribution in [0.15, 0.2) is 0 Å². The summed E-state index contributed by atoms with van der Waals surface area (Å²) in [4.78, 5) is 13.8. The van der Waals surface area contributed by atoms with Gasteiger partial charge in [0.25, 0.3) is 0 Å². The predicted octanol–water partition coefficient (Wildman–Crippen LogP) is 1.80. The summed E-state index contributed by atoms with van der Waals surface area (Å²) in [6, 6.07) is 0. The van der Waals surface area contributed by atoms with Gasteiger partial charge < -0.3 is 10.0 Å². The zero-order valence-electron chi connectivity index (χ0n) is 10.1. The lowest BCUT2D eigenvalue weighted by Crippen LogP contribution is -2.41. The molecule has 1 N–H and O–H groups in total. The van der Waals surface area contributed by atoms with Crippen molar-refractivity contribution in [2.75, 3.05) is 13.1 Å². The Labute approximate surface area is 92.5 Å². The van der Waals surface area contributed by atoms with E-state index < -0.39 is 0 Å². The van der Waals surface area contributed by atoms with Crippen molar-refractivity contribution in [3.63, 3.8) is 0 Å². The summed E-state index contributed by atoms with van der Waals surface area (Å²) < 4.78 is 0. The lowest BCUT2D eigenvalue weighted by atomic mass is 9.86. The predicted molar refractivity (Wildman–Crippen MR) is 60.5 cm³/mol. The molecule has 1 amide bonds. The molecule has 1 heterocycles. The Morgan fingerprint density at radius 1 is 1.40 bits per heavy atom. The van der Waals surface area contributed by atoms with E-state index in [-0.39, 0.29) is 17.4 Å². The van der Waals surface area contributed by atoms with E-state index in [2.05, 4.69) is 20.8 Å². The SMILES string of the molecule is CCC(C)(C)CC(=O)N1CCC(O)CC1. The monoisotopic (exact) mass is 213 g/mol. The molecule has 0 atom stereocenters. The number of aliphatic hydroxyl groups is 1. The summed E-state index contributed by atoms with van der Waals surface area (Å²) in [6.45, 7) is 7.82. The maximum Gasteiger partial charge on any atom is 0.223 e. The van der Waals surface area contributed by atoms with Gasteiger partial charge in [0.15, 0.2) is 0 Å². The Hall–Kier alpha value is -0.570. The Morgan fingerprint density at radius 2 is 1.93 bits per heavy atom. The minimum absolute atomic E-state index is 0.104. The summed E-state index contributed by atoms with van der Waals surface area (Å²) in [5.74, 6) is 0.244. The van der Waals surface area contributed by atoms with Gasteiger partial charge >= 0.3 is 0 Å². The number of nitrogens with zero attached hydrogens (tertiary/aromatic N) is 1. The third kappa shape index (κ3) is 3.82. The molecule has 0 bridgehead atoms. The minimum atomic E-state index is -0.201. The lowest BCUT2D eigenvalue weighted by Gasteiger charge is -2.32. The van der Waals surface area contributed by atoms with Gasteiger partial charge in [-0.3, -0.25) is 4.79 Å². The second kappa shape index (κ2) is 4.97. The van der Waals surface area contributed by atoms with Gasteiger partial charge in [0, 0.05) is 19.5 Å². The summed E-state index contributed by atoms with van der Waals surface area (Å²) in [6.07, 6.45) is 2.92. The highest BCUT2D eigenvalue weighted by Gasteiger charge is 2.26. The molecule has 0 aliphatic carbocycles. The summed E-state index contributed by atoms with van der Waals surface area (Å²) >= 11 is 0. The molecule has 0 aromatic rings. The molecule has 1 aliphatic rings. The van der Waals surface area contributed by atoms with Gasteiger partial charge in [-0.25, -0.2) is 0 Å². The van der Waals surface area contributed by atoms with Crippen molar-refractivity contribution in [3.8, 4) is 0 Å². The van der Waals surface area contributed by atoms with Crippen LogP contribution in [-0.2, 0) is 4.79 Å². The topological polar surface area (TPSA) is 40.5 Å². The fourth-order valence-electron chi connectivity index (χ4n) is 1.76. The first kappa shape index (κ1) is 12.5.